The molecule has 0 amide bonds. The highest BCUT2D eigenvalue weighted by atomic mass is 16.3. The largest absolute Gasteiger partial charge is 0.455 e. The lowest BCUT2D eigenvalue weighted by Gasteiger charge is -2.12. The van der Waals surface area contributed by atoms with Crippen molar-refractivity contribution in [1.29, 1.82) is 0 Å². The van der Waals surface area contributed by atoms with E-state index in [1.54, 1.807) is 6.20 Å². The number of para-hydroxylation sites is 2. The van der Waals surface area contributed by atoms with Gasteiger partial charge in [0.05, 0.1) is 22.6 Å². The predicted octanol–water partition coefficient (Wildman–Crippen LogP) is 10.7. The fraction of sp³-hybridized carbons (Fsp3) is 0. The van der Waals surface area contributed by atoms with E-state index in [0.717, 1.165) is 88.5 Å². The summed E-state index contributed by atoms with van der Waals surface area (Å²) in [6.07, 6.45) is 3.62. The quantitative estimate of drug-likeness (QED) is 0.196. The molecule has 0 unspecified atom stereocenters. The first-order chi connectivity index (χ1) is 22.3. The monoisotopic (exact) mass is 575 g/mol. The molecule has 210 valence electrons. The lowest BCUT2D eigenvalue weighted by molar-refractivity contribution is 0.673. The van der Waals surface area contributed by atoms with Crippen LogP contribution in [0.3, 0.4) is 0 Å². The Labute approximate surface area is 259 Å². The van der Waals surface area contributed by atoms with Crippen LogP contribution in [0.2, 0.25) is 0 Å². The van der Waals surface area contributed by atoms with E-state index in [1.165, 1.54) is 0 Å². The van der Waals surface area contributed by atoms with Crippen molar-refractivity contribution in [1.82, 2.24) is 15.0 Å². The van der Waals surface area contributed by atoms with Gasteiger partial charge in [-0.15, -0.1) is 0 Å². The zero-order valence-corrected chi connectivity index (χ0v) is 24.2. The number of nitrogens with zero attached hydrogens (tertiary/aromatic N) is 3. The van der Waals surface area contributed by atoms with Gasteiger partial charge in [-0.05, 0) is 59.7 Å². The van der Waals surface area contributed by atoms with Crippen LogP contribution < -0.4 is 0 Å². The number of rotatable bonds is 4. The minimum atomic E-state index is 0.895. The molecule has 4 heterocycles. The molecule has 9 aromatic rings. The highest BCUT2D eigenvalue weighted by Gasteiger charge is 2.17. The number of furan rings is 1. The number of pyridine rings is 3. The van der Waals surface area contributed by atoms with Crippen LogP contribution in [-0.2, 0) is 0 Å². The average Bonchev–Trinajstić information content (AvgIpc) is 3.51. The summed E-state index contributed by atoms with van der Waals surface area (Å²) in [7, 11) is 0. The maximum atomic E-state index is 6.50. The molecule has 0 saturated heterocycles. The van der Waals surface area contributed by atoms with Crippen LogP contribution in [-0.4, -0.2) is 15.0 Å². The van der Waals surface area contributed by atoms with Crippen molar-refractivity contribution in [2.24, 2.45) is 0 Å². The fourth-order valence-electron chi connectivity index (χ4n) is 6.39. The van der Waals surface area contributed by atoms with E-state index < -0.39 is 0 Å². The molecule has 0 N–H and O–H groups in total. The smallest absolute Gasteiger partial charge is 0.144 e. The minimum absolute atomic E-state index is 0.895. The Morgan fingerprint density at radius 3 is 2.02 bits per heavy atom. The van der Waals surface area contributed by atoms with Crippen molar-refractivity contribution in [2.45, 2.75) is 0 Å². The summed E-state index contributed by atoms with van der Waals surface area (Å²) in [4.78, 5) is 14.3. The van der Waals surface area contributed by atoms with Crippen LogP contribution in [0.25, 0.3) is 88.5 Å². The normalized spacial score (nSPS) is 11.6. The van der Waals surface area contributed by atoms with Gasteiger partial charge in [0.25, 0.3) is 0 Å². The van der Waals surface area contributed by atoms with Crippen LogP contribution in [0.4, 0.5) is 0 Å². The molecule has 9 rings (SSSR count). The lowest BCUT2D eigenvalue weighted by atomic mass is 9.95. The molecule has 0 aliphatic carbocycles. The van der Waals surface area contributed by atoms with Crippen molar-refractivity contribution in [3.63, 3.8) is 0 Å². The Bertz CT molecular complexity index is 2530. The zero-order valence-electron chi connectivity index (χ0n) is 24.2. The molecule has 0 radical (unpaired) electrons. The molecule has 0 aliphatic heterocycles. The van der Waals surface area contributed by atoms with Crippen molar-refractivity contribution in [2.75, 3.05) is 0 Å². The molecule has 4 nitrogen and oxygen atoms in total. The molecule has 0 aliphatic rings. The Morgan fingerprint density at radius 1 is 0.444 bits per heavy atom. The summed E-state index contributed by atoms with van der Waals surface area (Å²) in [6, 6.07) is 48.3. The molecule has 4 aromatic heterocycles. The molecule has 0 bridgehead atoms. The standard InChI is InChI=1S/C41H25N3O/c1-3-13-37-33(12-1)39-34(22-21-32-31-11-2-4-16-38(31)45-41(32)39)40(44-37)29-9-5-8-28(24-29)26-17-19-27(20-18-26)35-14-6-15-36(43-35)30-10-7-23-42-25-30/h1-25H. The van der Waals surface area contributed by atoms with E-state index in [4.69, 9.17) is 14.4 Å². The van der Waals surface area contributed by atoms with E-state index >= 15 is 0 Å². The Hall–Kier alpha value is -6.13. The summed E-state index contributed by atoms with van der Waals surface area (Å²) in [5.41, 5.74) is 10.9. The first-order valence-electron chi connectivity index (χ1n) is 15.0. The van der Waals surface area contributed by atoms with Gasteiger partial charge in [0, 0.05) is 56.0 Å². The summed E-state index contributed by atoms with van der Waals surface area (Å²) in [5, 5.41) is 5.51. The van der Waals surface area contributed by atoms with Gasteiger partial charge in [-0.2, -0.15) is 0 Å². The molecule has 4 heteroatoms. The number of fused-ring (bicyclic) bond motifs is 7. The third-order valence-electron chi connectivity index (χ3n) is 8.56. The molecule has 5 aromatic carbocycles. The molecule has 0 spiro atoms. The fourth-order valence-corrected chi connectivity index (χ4v) is 6.39. The van der Waals surface area contributed by atoms with Crippen molar-refractivity contribution >= 4 is 43.6 Å². The lowest BCUT2D eigenvalue weighted by Crippen LogP contribution is -1.91. The second-order valence-corrected chi connectivity index (χ2v) is 11.2. The van der Waals surface area contributed by atoms with Crippen LogP contribution in [0.1, 0.15) is 0 Å². The van der Waals surface area contributed by atoms with Crippen LogP contribution >= 0.6 is 0 Å². The van der Waals surface area contributed by atoms with Crippen molar-refractivity contribution in [3.8, 4) is 44.9 Å². The minimum Gasteiger partial charge on any atom is -0.455 e. The summed E-state index contributed by atoms with van der Waals surface area (Å²) < 4.78 is 6.50. The first kappa shape index (κ1) is 25.4. The van der Waals surface area contributed by atoms with E-state index in [9.17, 15) is 0 Å². The molecule has 45 heavy (non-hydrogen) atoms. The molecule has 0 atom stereocenters. The van der Waals surface area contributed by atoms with Crippen LogP contribution in [0, 0.1) is 0 Å². The summed E-state index contributed by atoms with van der Waals surface area (Å²) >= 11 is 0. The van der Waals surface area contributed by atoms with E-state index in [1.807, 2.05) is 54.7 Å². The number of hydrogen-bond donors (Lipinski definition) is 0. The van der Waals surface area contributed by atoms with E-state index in [2.05, 4.69) is 96.0 Å². The van der Waals surface area contributed by atoms with Gasteiger partial charge < -0.3 is 4.42 Å². The predicted molar refractivity (Wildman–Crippen MR) is 184 cm³/mol. The second-order valence-electron chi connectivity index (χ2n) is 11.2. The first-order valence-corrected chi connectivity index (χ1v) is 15.0. The maximum Gasteiger partial charge on any atom is 0.144 e. The Kier molecular flexibility index (Phi) is 5.78. The third kappa shape index (κ3) is 4.27. The molecule has 0 fully saturated rings. The van der Waals surface area contributed by atoms with Gasteiger partial charge in [-0.25, -0.2) is 9.97 Å². The average molecular weight is 576 g/mol. The highest BCUT2D eigenvalue weighted by molar-refractivity contribution is 6.24. The molecular formula is C41H25N3O. The number of aromatic nitrogens is 3. The van der Waals surface area contributed by atoms with Crippen molar-refractivity contribution in [3.05, 3.63) is 152 Å². The maximum absolute atomic E-state index is 6.50. The van der Waals surface area contributed by atoms with Gasteiger partial charge in [-0.1, -0.05) is 91.0 Å². The third-order valence-corrected chi connectivity index (χ3v) is 8.56. The van der Waals surface area contributed by atoms with Crippen LogP contribution in [0.5, 0.6) is 0 Å². The van der Waals surface area contributed by atoms with Crippen LogP contribution in [0.15, 0.2) is 156 Å². The summed E-state index contributed by atoms with van der Waals surface area (Å²) in [6.45, 7) is 0. The van der Waals surface area contributed by atoms with Gasteiger partial charge in [0.1, 0.15) is 11.2 Å². The topological polar surface area (TPSA) is 51.8 Å². The number of benzene rings is 5. The van der Waals surface area contributed by atoms with Gasteiger partial charge in [-0.3, -0.25) is 4.98 Å². The number of hydrogen-bond acceptors (Lipinski definition) is 4. The zero-order chi connectivity index (χ0) is 29.7. The van der Waals surface area contributed by atoms with Gasteiger partial charge in [0.2, 0.25) is 0 Å². The Balaban J connectivity index is 1.15. The molecule has 0 saturated carbocycles. The Morgan fingerprint density at radius 2 is 1.16 bits per heavy atom. The molecular weight excluding hydrogens is 550 g/mol. The van der Waals surface area contributed by atoms with E-state index in [-0.39, 0.29) is 0 Å². The SMILES string of the molecule is c1cncc(-c2cccc(-c3ccc(-c4cccc(-c5nc6ccccc6c6c5ccc5c7ccccc7oc56)c4)cc3)n2)c1. The van der Waals surface area contributed by atoms with Gasteiger partial charge >= 0.3 is 0 Å². The van der Waals surface area contributed by atoms with E-state index in [0.29, 0.717) is 0 Å². The summed E-state index contributed by atoms with van der Waals surface area (Å²) in [5.74, 6) is 0. The second kappa shape index (κ2) is 10.2. The van der Waals surface area contributed by atoms with Crippen molar-refractivity contribution < 1.29 is 4.42 Å². The highest BCUT2D eigenvalue weighted by Crippen LogP contribution is 2.41. The van der Waals surface area contributed by atoms with Gasteiger partial charge in [0.15, 0.2) is 0 Å².